The molecule has 0 aliphatic carbocycles. The molecule has 1 aromatic carbocycles. The molecule has 31 heavy (non-hydrogen) atoms. The summed E-state index contributed by atoms with van der Waals surface area (Å²) in [6, 6.07) is 11.1. The number of hydrogen-bond donors (Lipinski definition) is 2. The monoisotopic (exact) mass is 439 g/mol. The number of urea groups is 1. The van der Waals surface area contributed by atoms with Gasteiger partial charge in [0.2, 0.25) is 5.91 Å². The van der Waals surface area contributed by atoms with Gasteiger partial charge in [-0.3, -0.25) is 14.7 Å². The van der Waals surface area contributed by atoms with Gasteiger partial charge in [0, 0.05) is 67.3 Å². The van der Waals surface area contributed by atoms with E-state index in [4.69, 9.17) is 11.6 Å². The number of nitrogens with one attached hydrogen (secondary N) is 2. The minimum atomic E-state index is -0.210. The fourth-order valence-electron chi connectivity index (χ4n) is 5.39. The summed E-state index contributed by atoms with van der Waals surface area (Å²) in [5.74, 6) is 0.480. The lowest BCUT2D eigenvalue weighted by molar-refractivity contribution is -0.123. The summed E-state index contributed by atoms with van der Waals surface area (Å²) < 4.78 is 0. The van der Waals surface area contributed by atoms with Crippen molar-refractivity contribution in [3.05, 3.63) is 59.4 Å². The van der Waals surface area contributed by atoms with Crippen LogP contribution in [-0.2, 0) is 11.3 Å². The second-order valence-corrected chi connectivity index (χ2v) is 9.28. The second kappa shape index (κ2) is 8.13. The van der Waals surface area contributed by atoms with Gasteiger partial charge >= 0.3 is 6.03 Å². The Kier molecular flexibility index (Phi) is 5.32. The molecular weight excluding hydrogens is 414 g/mol. The van der Waals surface area contributed by atoms with Crippen molar-refractivity contribution in [2.75, 3.05) is 31.5 Å². The highest BCUT2D eigenvalue weighted by molar-refractivity contribution is 6.30. The first-order valence-corrected chi connectivity index (χ1v) is 11.1. The molecule has 0 saturated carbocycles. The highest BCUT2D eigenvalue weighted by Crippen LogP contribution is 2.44. The van der Waals surface area contributed by atoms with Crippen molar-refractivity contribution in [3.63, 3.8) is 0 Å². The van der Waals surface area contributed by atoms with Gasteiger partial charge in [0.1, 0.15) is 0 Å². The van der Waals surface area contributed by atoms with E-state index in [1.54, 1.807) is 18.3 Å². The van der Waals surface area contributed by atoms with E-state index >= 15 is 0 Å². The minimum Gasteiger partial charge on any atom is -0.350 e. The Labute approximate surface area is 186 Å². The first-order chi connectivity index (χ1) is 15.0. The summed E-state index contributed by atoms with van der Waals surface area (Å²) in [6.07, 6.45) is 5.23. The number of carbonyl (C=O) groups excluding carboxylic acids is 2. The zero-order valence-corrected chi connectivity index (χ0v) is 18.0. The predicted octanol–water partition coefficient (Wildman–Crippen LogP) is 2.98. The fraction of sp³-hybridized carbons (Fsp3) is 0.435. The number of carbonyl (C=O) groups is 2. The Morgan fingerprint density at radius 2 is 2.06 bits per heavy atom. The molecule has 0 bridgehead atoms. The molecule has 0 unspecified atom stereocenters. The largest absolute Gasteiger partial charge is 0.350 e. The Morgan fingerprint density at radius 3 is 2.81 bits per heavy atom. The van der Waals surface area contributed by atoms with E-state index in [-0.39, 0.29) is 29.3 Å². The lowest BCUT2D eigenvalue weighted by atomic mass is 9.75. The maximum absolute atomic E-state index is 12.8. The molecular formula is C23H26ClN5O2. The fourth-order valence-corrected chi connectivity index (χ4v) is 5.58. The second-order valence-electron chi connectivity index (χ2n) is 8.84. The van der Waals surface area contributed by atoms with E-state index in [2.05, 4.69) is 26.6 Å². The molecule has 0 radical (unpaired) electrons. The van der Waals surface area contributed by atoms with Crippen LogP contribution in [0.1, 0.15) is 18.4 Å². The van der Waals surface area contributed by atoms with Crippen molar-refractivity contribution < 1.29 is 9.59 Å². The average Bonchev–Trinajstić information content (AvgIpc) is 3.29. The average molecular weight is 440 g/mol. The summed E-state index contributed by atoms with van der Waals surface area (Å²) >= 11 is 6.01. The van der Waals surface area contributed by atoms with Gasteiger partial charge in [-0.05, 0) is 42.7 Å². The number of aromatic nitrogens is 1. The zero-order chi connectivity index (χ0) is 21.4. The lowest BCUT2D eigenvalue weighted by Crippen LogP contribution is -2.56. The maximum Gasteiger partial charge on any atom is 0.321 e. The highest BCUT2D eigenvalue weighted by atomic mass is 35.5. The Hall–Kier alpha value is -2.64. The molecule has 4 heterocycles. The molecule has 1 spiro atoms. The van der Waals surface area contributed by atoms with Crippen LogP contribution in [0.4, 0.5) is 10.5 Å². The van der Waals surface area contributed by atoms with Gasteiger partial charge in [-0.1, -0.05) is 23.7 Å². The van der Waals surface area contributed by atoms with Gasteiger partial charge in [-0.15, -0.1) is 0 Å². The van der Waals surface area contributed by atoms with Crippen LogP contribution in [0.15, 0.2) is 48.8 Å². The van der Waals surface area contributed by atoms with Crippen molar-refractivity contribution in [1.29, 1.82) is 0 Å². The molecule has 2 aromatic rings. The third kappa shape index (κ3) is 4.00. The van der Waals surface area contributed by atoms with Gasteiger partial charge < -0.3 is 15.5 Å². The van der Waals surface area contributed by atoms with Crippen LogP contribution in [0.25, 0.3) is 0 Å². The lowest BCUT2D eigenvalue weighted by Gasteiger charge is -2.42. The number of benzene rings is 1. The van der Waals surface area contributed by atoms with Crippen LogP contribution < -0.4 is 10.6 Å². The van der Waals surface area contributed by atoms with Crippen LogP contribution in [-0.4, -0.2) is 58.4 Å². The number of fused-ring (bicyclic) bond motifs is 2. The van der Waals surface area contributed by atoms with E-state index in [1.165, 1.54) is 5.56 Å². The van der Waals surface area contributed by atoms with E-state index in [1.807, 2.05) is 29.3 Å². The molecule has 2 N–H and O–H groups in total. The topological polar surface area (TPSA) is 77.6 Å². The van der Waals surface area contributed by atoms with E-state index < -0.39 is 0 Å². The Balaban J connectivity index is 1.21. The highest BCUT2D eigenvalue weighted by Gasteiger charge is 2.57. The standard InChI is InChI=1S/C23H26ClN5O2/c24-17-4-1-5-18(11-17)26-22(31)29-9-6-23(7-10-29)20-15-28(14-19(20)21(30)27-23)13-16-3-2-8-25-12-16/h1-5,8,11-12,19-20H,6-7,9-10,13-15H2,(H,26,31)(H,27,30)/t19-,20+/m1/s1. The van der Waals surface area contributed by atoms with E-state index in [9.17, 15) is 9.59 Å². The van der Waals surface area contributed by atoms with Gasteiger partial charge in [-0.25, -0.2) is 4.79 Å². The summed E-state index contributed by atoms with van der Waals surface area (Å²) in [6.45, 7) is 3.74. The number of likely N-dealkylation sites (tertiary alicyclic amines) is 2. The molecule has 3 amide bonds. The molecule has 3 aliphatic heterocycles. The number of pyridine rings is 1. The summed E-state index contributed by atoms with van der Waals surface area (Å²) in [4.78, 5) is 33.9. The van der Waals surface area contributed by atoms with Crippen molar-refractivity contribution in [3.8, 4) is 0 Å². The minimum absolute atomic E-state index is 0.0310. The van der Waals surface area contributed by atoms with Crippen LogP contribution >= 0.6 is 11.6 Å². The van der Waals surface area contributed by atoms with E-state index in [0.29, 0.717) is 23.8 Å². The quantitative estimate of drug-likeness (QED) is 0.770. The number of halogens is 1. The smallest absolute Gasteiger partial charge is 0.321 e. The van der Waals surface area contributed by atoms with Crippen LogP contribution in [0.5, 0.6) is 0 Å². The molecule has 2 atom stereocenters. The molecule has 3 saturated heterocycles. The summed E-state index contributed by atoms with van der Waals surface area (Å²) in [5.41, 5.74) is 1.65. The summed E-state index contributed by atoms with van der Waals surface area (Å²) in [7, 11) is 0. The van der Waals surface area contributed by atoms with Gasteiger partial charge in [0.15, 0.2) is 0 Å². The molecule has 3 fully saturated rings. The number of nitrogens with zero attached hydrogens (tertiary/aromatic N) is 3. The van der Waals surface area contributed by atoms with Gasteiger partial charge in [-0.2, -0.15) is 0 Å². The van der Waals surface area contributed by atoms with Crippen LogP contribution in [0, 0.1) is 11.8 Å². The Bertz CT molecular complexity index is 977. The predicted molar refractivity (Wildman–Crippen MR) is 119 cm³/mol. The normalized spacial score (nSPS) is 24.8. The van der Waals surface area contributed by atoms with Gasteiger partial charge in [0.05, 0.1) is 5.92 Å². The summed E-state index contributed by atoms with van der Waals surface area (Å²) in [5, 5.41) is 6.83. The number of piperidine rings is 1. The molecule has 1 aromatic heterocycles. The molecule has 8 heteroatoms. The first-order valence-electron chi connectivity index (χ1n) is 10.8. The number of rotatable bonds is 3. The first kappa shape index (κ1) is 20.3. The number of hydrogen-bond acceptors (Lipinski definition) is 4. The van der Waals surface area contributed by atoms with Crippen molar-refractivity contribution in [2.24, 2.45) is 11.8 Å². The van der Waals surface area contributed by atoms with Crippen molar-refractivity contribution >= 4 is 29.2 Å². The Morgan fingerprint density at radius 1 is 1.23 bits per heavy atom. The molecule has 162 valence electrons. The molecule has 5 rings (SSSR count). The zero-order valence-electron chi connectivity index (χ0n) is 17.3. The van der Waals surface area contributed by atoms with Crippen LogP contribution in [0.2, 0.25) is 5.02 Å². The SMILES string of the molecule is O=C1NC2(CCN(C(=O)Nc3cccc(Cl)c3)CC2)[C@H]2CN(Cc3cccnc3)C[C@@H]12. The molecule has 3 aliphatic rings. The van der Waals surface area contributed by atoms with Crippen molar-refractivity contribution in [1.82, 2.24) is 20.1 Å². The van der Waals surface area contributed by atoms with Crippen molar-refractivity contribution in [2.45, 2.75) is 24.9 Å². The van der Waals surface area contributed by atoms with Gasteiger partial charge in [0.25, 0.3) is 0 Å². The maximum atomic E-state index is 12.8. The molecule has 7 nitrogen and oxygen atoms in total. The number of amides is 3. The third-order valence-electron chi connectivity index (χ3n) is 6.96. The number of anilines is 1. The third-order valence-corrected chi connectivity index (χ3v) is 7.20. The van der Waals surface area contributed by atoms with E-state index in [0.717, 1.165) is 32.5 Å². The van der Waals surface area contributed by atoms with Crippen LogP contribution in [0.3, 0.4) is 0 Å².